The molecule has 2 aliphatic rings. The predicted molar refractivity (Wildman–Crippen MR) is 55.4 cm³/mol. The normalized spacial score (nSPS) is 37.9. The summed E-state index contributed by atoms with van der Waals surface area (Å²) in [5.74, 6) is 0. The van der Waals surface area contributed by atoms with Crippen molar-refractivity contribution in [2.75, 3.05) is 33.9 Å². The highest BCUT2D eigenvalue weighted by Crippen LogP contribution is 2.42. The van der Waals surface area contributed by atoms with E-state index in [2.05, 4.69) is 11.5 Å². The quantitative estimate of drug-likeness (QED) is 0.631. The summed E-state index contributed by atoms with van der Waals surface area (Å²) >= 11 is 0. The first-order valence-corrected chi connectivity index (χ1v) is 5.16. The lowest BCUT2D eigenvalue weighted by molar-refractivity contribution is -0.0283. The van der Waals surface area contributed by atoms with E-state index in [9.17, 15) is 0 Å². The summed E-state index contributed by atoms with van der Waals surface area (Å²) in [5.41, 5.74) is 1.39. The van der Waals surface area contributed by atoms with E-state index >= 15 is 0 Å². The van der Waals surface area contributed by atoms with Crippen LogP contribution in [0.2, 0.25) is 0 Å². The summed E-state index contributed by atoms with van der Waals surface area (Å²) in [6, 6.07) is 0. The largest absolute Gasteiger partial charge is 0.383 e. The molecule has 0 bridgehead atoms. The predicted octanol–water partition coefficient (Wildman–Crippen LogP) is 1.05. The van der Waals surface area contributed by atoms with E-state index < -0.39 is 0 Å². The van der Waals surface area contributed by atoms with Gasteiger partial charge >= 0.3 is 0 Å². The highest BCUT2D eigenvalue weighted by Gasteiger charge is 2.52. The Balaban J connectivity index is 2.22. The van der Waals surface area contributed by atoms with Crippen molar-refractivity contribution in [2.24, 2.45) is 0 Å². The number of hydrogen-bond acceptors (Lipinski definition) is 3. The molecule has 0 aromatic carbocycles. The molecule has 2 saturated heterocycles. The molecule has 14 heavy (non-hydrogen) atoms. The first-order chi connectivity index (χ1) is 6.73. The zero-order chi connectivity index (χ0) is 10.2. The number of ether oxygens (including phenoxy) is 2. The Labute approximate surface area is 85.7 Å². The van der Waals surface area contributed by atoms with Gasteiger partial charge in [-0.3, -0.25) is 4.90 Å². The average molecular weight is 197 g/mol. The van der Waals surface area contributed by atoms with Gasteiger partial charge in [-0.25, -0.2) is 0 Å². The molecular weight excluding hydrogens is 178 g/mol. The van der Waals surface area contributed by atoms with E-state index in [1.807, 2.05) is 0 Å². The number of fused-ring (bicyclic) bond motifs is 1. The van der Waals surface area contributed by atoms with Crippen LogP contribution in [0.4, 0.5) is 0 Å². The number of rotatable bonds is 3. The van der Waals surface area contributed by atoms with Gasteiger partial charge in [-0.1, -0.05) is 12.2 Å². The Morgan fingerprint density at radius 2 is 2.36 bits per heavy atom. The molecule has 0 spiro atoms. The minimum absolute atomic E-state index is 0.0839. The Morgan fingerprint density at radius 3 is 3.00 bits per heavy atom. The fourth-order valence-corrected chi connectivity index (χ4v) is 3.01. The van der Waals surface area contributed by atoms with Crippen molar-refractivity contribution in [3.63, 3.8) is 0 Å². The van der Waals surface area contributed by atoms with E-state index in [0.717, 1.165) is 32.5 Å². The van der Waals surface area contributed by atoms with Crippen molar-refractivity contribution in [2.45, 2.75) is 24.5 Å². The third-order valence-corrected chi connectivity index (χ3v) is 3.54. The summed E-state index contributed by atoms with van der Waals surface area (Å²) in [6.07, 6.45) is 2.45. The minimum Gasteiger partial charge on any atom is -0.383 e. The van der Waals surface area contributed by atoms with E-state index in [1.54, 1.807) is 14.2 Å². The fourth-order valence-electron chi connectivity index (χ4n) is 3.01. The Morgan fingerprint density at radius 1 is 1.57 bits per heavy atom. The van der Waals surface area contributed by atoms with Crippen molar-refractivity contribution in [1.29, 1.82) is 0 Å². The van der Waals surface area contributed by atoms with Crippen molar-refractivity contribution in [3.8, 4) is 0 Å². The molecule has 0 N–H and O–H groups in total. The van der Waals surface area contributed by atoms with E-state index in [-0.39, 0.29) is 5.54 Å². The van der Waals surface area contributed by atoms with Gasteiger partial charge < -0.3 is 9.47 Å². The number of nitrogens with zero attached hydrogens (tertiary/aromatic N) is 1. The van der Waals surface area contributed by atoms with Gasteiger partial charge in [-0.05, 0) is 12.8 Å². The lowest BCUT2D eigenvalue weighted by atomic mass is 9.91. The molecule has 2 aliphatic heterocycles. The molecule has 2 fully saturated rings. The fraction of sp³-hybridized carbons (Fsp3) is 0.818. The second kappa shape index (κ2) is 3.65. The minimum atomic E-state index is 0.0839. The topological polar surface area (TPSA) is 21.7 Å². The van der Waals surface area contributed by atoms with Gasteiger partial charge in [0.1, 0.15) is 0 Å². The van der Waals surface area contributed by atoms with Crippen molar-refractivity contribution in [3.05, 3.63) is 12.2 Å². The monoisotopic (exact) mass is 197 g/mol. The average Bonchev–Trinajstić information content (AvgIpc) is 2.59. The molecule has 0 aromatic heterocycles. The first kappa shape index (κ1) is 10.1. The van der Waals surface area contributed by atoms with Crippen LogP contribution < -0.4 is 0 Å². The van der Waals surface area contributed by atoms with Crippen LogP contribution in [0.3, 0.4) is 0 Å². The van der Waals surface area contributed by atoms with Gasteiger partial charge in [-0.15, -0.1) is 0 Å². The molecular formula is C11H19NO2. The van der Waals surface area contributed by atoms with Gasteiger partial charge in [0.05, 0.1) is 18.2 Å². The highest BCUT2D eigenvalue weighted by molar-refractivity contribution is 5.20. The molecule has 2 heterocycles. The molecule has 2 atom stereocenters. The maximum absolute atomic E-state index is 5.57. The van der Waals surface area contributed by atoms with E-state index in [0.29, 0.717) is 6.10 Å². The first-order valence-electron chi connectivity index (χ1n) is 5.16. The van der Waals surface area contributed by atoms with E-state index in [4.69, 9.17) is 9.47 Å². The van der Waals surface area contributed by atoms with Crippen LogP contribution in [0.5, 0.6) is 0 Å². The second-order valence-corrected chi connectivity index (χ2v) is 4.40. The van der Waals surface area contributed by atoms with Crippen LogP contribution in [-0.2, 0) is 9.47 Å². The molecule has 0 radical (unpaired) electrons. The summed E-state index contributed by atoms with van der Waals surface area (Å²) in [4.78, 5) is 2.47. The Kier molecular flexibility index (Phi) is 2.64. The molecule has 3 nitrogen and oxygen atoms in total. The van der Waals surface area contributed by atoms with Gasteiger partial charge in [0, 0.05) is 27.3 Å². The van der Waals surface area contributed by atoms with Gasteiger partial charge in [0.15, 0.2) is 0 Å². The summed E-state index contributed by atoms with van der Waals surface area (Å²) in [7, 11) is 3.56. The molecule has 0 saturated carbocycles. The smallest absolute Gasteiger partial charge is 0.0793 e. The van der Waals surface area contributed by atoms with Crippen LogP contribution in [0.1, 0.15) is 12.8 Å². The third-order valence-electron chi connectivity index (χ3n) is 3.54. The lowest BCUT2D eigenvalue weighted by Gasteiger charge is -2.35. The molecule has 0 aromatic rings. The maximum atomic E-state index is 5.57. The third kappa shape index (κ3) is 1.31. The van der Waals surface area contributed by atoms with Crippen molar-refractivity contribution < 1.29 is 9.47 Å². The standard InChI is InChI=1S/C11H19NO2/c1-9-6-11(8-13-2)10(14-3)4-5-12(11)7-9/h10H,1,4-8H2,2-3H3/t10-,11+/m1/s1. The summed E-state index contributed by atoms with van der Waals surface area (Å²) in [5, 5.41) is 0. The zero-order valence-electron chi connectivity index (χ0n) is 9.08. The molecule has 3 heteroatoms. The van der Waals surface area contributed by atoms with E-state index in [1.165, 1.54) is 5.57 Å². The van der Waals surface area contributed by atoms with Crippen molar-refractivity contribution in [1.82, 2.24) is 4.90 Å². The Hall–Kier alpha value is -0.380. The summed E-state index contributed by atoms with van der Waals surface area (Å²) in [6.45, 7) is 6.96. The summed E-state index contributed by atoms with van der Waals surface area (Å²) < 4.78 is 10.9. The number of hydrogen-bond donors (Lipinski definition) is 0. The highest BCUT2D eigenvalue weighted by atomic mass is 16.5. The SMILES string of the molecule is C=C1CN2CC[C@@H](OC)[C@@]2(COC)C1. The molecule has 2 rings (SSSR count). The lowest BCUT2D eigenvalue weighted by Crippen LogP contribution is -2.50. The second-order valence-electron chi connectivity index (χ2n) is 4.40. The Bertz CT molecular complexity index is 241. The number of methoxy groups -OCH3 is 2. The van der Waals surface area contributed by atoms with Crippen LogP contribution in [0.15, 0.2) is 12.2 Å². The molecule has 80 valence electrons. The van der Waals surface area contributed by atoms with Crippen LogP contribution >= 0.6 is 0 Å². The molecule has 0 amide bonds. The van der Waals surface area contributed by atoms with Crippen LogP contribution in [0.25, 0.3) is 0 Å². The van der Waals surface area contributed by atoms with Crippen molar-refractivity contribution >= 4 is 0 Å². The van der Waals surface area contributed by atoms with Crippen LogP contribution in [-0.4, -0.2) is 50.5 Å². The van der Waals surface area contributed by atoms with Gasteiger partial charge in [0.25, 0.3) is 0 Å². The zero-order valence-corrected chi connectivity index (χ0v) is 9.08. The molecule has 0 unspecified atom stereocenters. The van der Waals surface area contributed by atoms with Crippen LogP contribution in [0, 0.1) is 0 Å². The maximum Gasteiger partial charge on any atom is 0.0793 e. The van der Waals surface area contributed by atoms with Gasteiger partial charge in [0.2, 0.25) is 0 Å². The molecule has 0 aliphatic carbocycles. The van der Waals surface area contributed by atoms with Gasteiger partial charge in [-0.2, -0.15) is 0 Å².